The number of amides is 1. The fraction of sp³-hybridized carbons (Fsp3) is 0.727. The molecule has 4 N–H and O–H groups in total. The van der Waals surface area contributed by atoms with Crippen molar-refractivity contribution in [3.8, 4) is 0 Å². The van der Waals surface area contributed by atoms with Gasteiger partial charge in [-0.05, 0) is 25.8 Å². The van der Waals surface area contributed by atoms with Gasteiger partial charge in [0.2, 0.25) is 0 Å². The van der Waals surface area contributed by atoms with Gasteiger partial charge in [-0.1, -0.05) is 5.21 Å². The van der Waals surface area contributed by atoms with E-state index in [0.29, 0.717) is 12.5 Å². The molecule has 1 amide bonds. The summed E-state index contributed by atoms with van der Waals surface area (Å²) in [5, 5.41) is 17.1. The SMILES string of the molecule is CC(O)C1CCN(CCn2cc(C(=O)NN)nn2)C1. The minimum absolute atomic E-state index is 0.214. The van der Waals surface area contributed by atoms with E-state index in [1.807, 2.05) is 12.3 Å². The Morgan fingerprint density at radius 2 is 2.47 bits per heavy atom. The molecular weight excluding hydrogens is 248 g/mol. The van der Waals surface area contributed by atoms with Gasteiger partial charge in [0.25, 0.3) is 5.91 Å². The maximum Gasteiger partial charge on any atom is 0.287 e. The zero-order valence-corrected chi connectivity index (χ0v) is 11.0. The van der Waals surface area contributed by atoms with Crippen LogP contribution in [0.4, 0.5) is 0 Å². The van der Waals surface area contributed by atoms with Gasteiger partial charge in [-0.15, -0.1) is 5.10 Å². The highest BCUT2D eigenvalue weighted by atomic mass is 16.3. The molecule has 0 bridgehead atoms. The van der Waals surface area contributed by atoms with E-state index in [-0.39, 0.29) is 11.8 Å². The summed E-state index contributed by atoms with van der Waals surface area (Å²) in [5.41, 5.74) is 2.23. The lowest BCUT2D eigenvalue weighted by Crippen LogP contribution is -2.30. The van der Waals surface area contributed by atoms with Crippen LogP contribution in [-0.2, 0) is 6.54 Å². The van der Waals surface area contributed by atoms with Gasteiger partial charge < -0.3 is 10.0 Å². The second kappa shape index (κ2) is 6.09. The zero-order valence-electron chi connectivity index (χ0n) is 11.0. The average Bonchev–Trinajstić information content (AvgIpc) is 3.04. The number of hydrogen-bond acceptors (Lipinski definition) is 6. The van der Waals surface area contributed by atoms with Crippen LogP contribution in [0.2, 0.25) is 0 Å². The van der Waals surface area contributed by atoms with Crippen molar-refractivity contribution in [2.45, 2.75) is 26.0 Å². The summed E-state index contributed by atoms with van der Waals surface area (Å²) in [5.74, 6) is 4.93. The molecule has 0 aliphatic carbocycles. The molecule has 2 rings (SSSR count). The standard InChI is InChI=1S/C11H20N6O2/c1-8(18)9-2-3-16(6-9)4-5-17-7-10(14-15-17)11(19)13-12/h7-9,18H,2-6,12H2,1H3,(H,13,19). The second-order valence-electron chi connectivity index (χ2n) is 4.93. The minimum atomic E-state index is -0.443. The number of aromatic nitrogens is 3. The number of carbonyl (C=O) groups is 1. The third-order valence-corrected chi connectivity index (χ3v) is 3.54. The van der Waals surface area contributed by atoms with Crippen LogP contribution in [0.3, 0.4) is 0 Å². The van der Waals surface area contributed by atoms with Crippen molar-refractivity contribution in [2.24, 2.45) is 11.8 Å². The lowest BCUT2D eigenvalue weighted by Gasteiger charge is -2.16. The van der Waals surface area contributed by atoms with Crippen molar-refractivity contribution in [2.75, 3.05) is 19.6 Å². The molecule has 8 nitrogen and oxygen atoms in total. The molecule has 2 heterocycles. The Bertz CT molecular complexity index is 433. The Morgan fingerprint density at radius 1 is 1.68 bits per heavy atom. The van der Waals surface area contributed by atoms with Crippen LogP contribution in [0, 0.1) is 5.92 Å². The highest BCUT2D eigenvalue weighted by molar-refractivity contribution is 5.91. The number of aliphatic hydroxyl groups is 1. The van der Waals surface area contributed by atoms with Crippen molar-refractivity contribution in [3.05, 3.63) is 11.9 Å². The molecule has 106 valence electrons. The fourth-order valence-corrected chi connectivity index (χ4v) is 2.29. The predicted molar refractivity (Wildman–Crippen MR) is 67.9 cm³/mol. The summed E-state index contributed by atoms with van der Waals surface area (Å²) in [4.78, 5) is 13.5. The summed E-state index contributed by atoms with van der Waals surface area (Å²) in [7, 11) is 0. The third-order valence-electron chi connectivity index (χ3n) is 3.54. The molecule has 8 heteroatoms. The molecule has 1 aliphatic heterocycles. The first-order valence-corrected chi connectivity index (χ1v) is 6.41. The molecule has 0 spiro atoms. The molecule has 0 saturated carbocycles. The van der Waals surface area contributed by atoms with Gasteiger partial charge in [0.1, 0.15) is 0 Å². The highest BCUT2D eigenvalue weighted by Crippen LogP contribution is 2.19. The van der Waals surface area contributed by atoms with E-state index in [2.05, 4.69) is 15.2 Å². The van der Waals surface area contributed by atoms with Crippen LogP contribution in [0.5, 0.6) is 0 Å². The number of aliphatic hydroxyl groups excluding tert-OH is 1. The molecule has 1 fully saturated rings. The largest absolute Gasteiger partial charge is 0.393 e. The molecule has 19 heavy (non-hydrogen) atoms. The van der Waals surface area contributed by atoms with Gasteiger partial charge >= 0.3 is 0 Å². The fourth-order valence-electron chi connectivity index (χ4n) is 2.29. The van der Waals surface area contributed by atoms with Crippen molar-refractivity contribution < 1.29 is 9.90 Å². The van der Waals surface area contributed by atoms with Crippen LogP contribution < -0.4 is 11.3 Å². The van der Waals surface area contributed by atoms with Crippen LogP contribution in [0.1, 0.15) is 23.8 Å². The van der Waals surface area contributed by atoms with E-state index in [9.17, 15) is 9.90 Å². The minimum Gasteiger partial charge on any atom is -0.393 e. The number of rotatable bonds is 5. The van der Waals surface area contributed by atoms with Crippen LogP contribution >= 0.6 is 0 Å². The zero-order chi connectivity index (χ0) is 13.8. The number of hydrazine groups is 1. The molecular formula is C11H20N6O2. The van der Waals surface area contributed by atoms with E-state index >= 15 is 0 Å². The first-order valence-electron chi connectivity index (χ1n) is 6.41. The molecule has 1 saturated heterocycles. The quantitative estimate of drug-likeness (QED) is 0.344. The number of carbonyl (C=O) groups excluding carboxylic acids is 1. The summed E-state index contributed by atoms with van der Waals surface area (Å²) >= 11 is 0. The number of hydrogen-bond donors (Lipinski definition) is 3. The smallest absolute Gasteiger partial charge is 0.287 e. The Labute approximate surface area is 111 Å². The molecule has 0 radical (unpaired) electrons. The normalized spacial score (nSPS) is 21.5. The molecule has 2 unspecified atom stereocenters. The molecule has 1 aromatic rings. The van der Waals surface area contributed by atoms with Gasteiger partial charge in [-0.3, -0.25) is 14.9 Å². The monoisotopic (exact) mass is 268 g/mol. The Hall–Kier alpha value is -1.51. The van der Waals surface area contributed by atoms with Gasteiger partial charge in [-0.25, -0.2) is 5.84 Å². The average molecular weight is 268 g/mol. The maximum atomic E-state index is 11.2. The first-order chi connectivity index (χ1) is 9.10. The molecule has 0 aromatic carbocycles. The van der Waals surface area contributed by atoms with Gasteiger partial charge in [0, 0.05) is 13.1 Å². The lowest BCUT2D eigenvalue weighted by molar-refractivity contribution is 0.0948. The predicted octanol–water partition coefficient (Wildman–Crippen LogP) is -1.42. The molecule has 2 atom stereocenters. The van der Waals surface area contributed by atoms with E-state index in [0.717, 1.165) is 26.1 Å². The van der Waals surface area contributed by atoms with E-state index < -0.39 is 5.91 Å². The Kier molecular flexibility index (Phi) is 4.46. The number of likely N-dealkylation sites (tertiary alicyclic amines) is 1. The third kappa shape index (κ3) is 3.49. The highest BCUT2D eigenvalue weighted by Gasteiger charge is 2.25. The number of nitrogens with one attached hydrogen (secondary N) is 1. The molecule has 1 aliphatic rings. The lowest BCUT2D eigenvalue weighted by atomic mass is 10.0. The Balaban J connectivity index is 1.80. The molecule has 1 aromatic heterocycles. The van der Waals surface area contributed by atoms with Crippen LogP contribution in [-0.4, -0.2) is 56.6 Å². The maximum absolute atomic E-state index is 11.2. The van der Waals surface area contributed by atoms with Gasteiger partial charge in [0.15, 0.2) is 5.69 Å². The summed E-state index contributed by atoms with van der Waals surface area (Å²) in [6.45, 7) is 5.22. The van der Waals surface area contributed by atoms with Gasteiger partial charge in [-0.2, -0.15) is 0 Å². The van der Waals surface area contributed by atoms with Gasteiger partial charge in [0.05, 0.1) is 18.8 Å². The summed E-state index contributed by atoms with van der Waals surface area (Å²) in [6, 6.07) is 0. The summed E-state index contributed by atoms with van der Waals surface area (Å²) in [6.07, 6.45) is 2.34. The first kappa shape index (κ1) is 13.9. The van der Waals surface area contributed by atoms with E-state index in [1.54, 1.807) is 10.9 Å². The Morgan fingerprint density at radius 3 is 3.11 bits per heavy atom. The second-order valence-corrected chi connectivity index (χ2v) is 4.93. The van der Waals surface area contributed by atoms with Crippen molar-refractivity contribution in [1.29, 1.82) is 0 Å². The number of nitrogens with zero attached hydrogens (tertiary/aromatic N) is 4. The van der Waals surface area contributed by atoms with Crippen LogP contribution in [0.15, 0.2) is 6.20 Å². The van der Waals surface area contributed by atoms with E-state index in [4.69, 9.17) is 5.84 Å². The van der Waals surface area contributed by atoms with Crippen LogP contribution in [0.25, 0.3) is 0 Å². The van der Waals surface area contributed by atoms with Crippen molar-refractivity contribution in [1.82, 2.24) is 25.3 Å². The van der Waals surface area contributed by atoms with E-state index in [1.165, 1.54) is 0 Å². The summed E-state index contributed by atoms with van der Waals surface area (Å²) < 4.78 is 1.63. The van der Waals surface area contributed by atoms with Crippen molar-refractivity contribution in [3.63, 3.8) is 0 Å². The topological polar surface area (TPSA) is 109 Å². The number of nitrogen functional groups attached to an aromatic ring is 1. The van der Waals surface area contributed by atoms with Crippen molar-refractivity contribution >= 4 is 5.91 Å². The number of nitrogens with two attached hydrogens (primary N) is 1.